The number of carbonyl (C=O) groups is 1. The van der Waals surface area contributed by atoms with E-state index >= 15 is 0 Å². The molecule has 0 aromatic carbocycles. The zero-order valence-corrected chi connectivity index (χ0v) is 13.6. The summed E-state index contributed by atoms with van der Waals surface area (Å²) in [4.78, 5) is 12.3. The van der Waals surface area contributed by atoms with E-state index in [1.54, 1.807) is 24.3 Å². The van der Waals surface area contributed by atoms with Crippen molar-refractivity contribution in [1.82, 2.24) is 0 Å². The predicted molar refractivity (Wildman–Crippen MR) is 86.9 cm³/mol. The minimum Gasteiger partial charge on any atom is -0.294 e. The molecule has 118 valence electrons. The van der Waals surface area contributed by atoms with Crippen LogP contribution in [0.25, 0.3) is 0 Å². The highest BCUT2D eigenvalue weighted by Gasteiger charge is 2.44. The lowest BCUT2D eigenvalue weighted by Crippen LogP contribution is -2.35. The summed E-state index contributed by atoms with van der Waals surface area (Å²) in [5.41, 5.74) is 4.39. The lowest BCUT2D eigenvalue weighted by Gasteiger charge is -2.41. The highest BCUT2D eigenvalue weighted by molar-refractivity contribution is 7.90. The normalized spacial score (nSPS) is 32.0. The van der Waals surface area contributed by atoms with Crippen LogP contribution in [0.4, 0.5) is 0 Å². The molecule has 0 aromatic heterocycles. The van der Waals surface area contributed by atoms with E-state index in [2.05, 4.69) is 0 Å². The molecular formula is C18H16O4S. The van der Waals surface area contributed by atoms with Crippen molar-refractivity contribution < 1.29 is 17.8 Å². The van der Waals surface area contributed by atoms with Crippen LogP contribution in [0.1, 0.15) is 13.8 Å². The molecule has 0 radical (unpaired) electrons. The van der Waals surface area contributed by atoms with Crippen LogP contribution >= 0.6 is 0 Å². The molecule has 4 aliphatic rings. The highest BCUT2D eigenvalue weighted by atomic mass is 32.2. The van der Waals surface area contributed by atoms with Crippen LogP contribution in [0.5, 0.6) is 0 Å². The van der Waals surface area contributed by atoms with E-state index in [4.69, 9.17) is 0 Å². The van der Waals surface area contributed by atoms with Gasteiger partial charge in [0.1, 0.15) is 0 Å². The summed E-state index contributed by atoms with van der Waals surface area (Å²) < 4.78 is 33.2. The fourth-order valence-corrected chi connectivity index (χ4v) is 4.91. The Morgan fingerprint density at radius 2 is 1.87 bits per heavy atom. The van der Waals surface area contributed by atoms with Crippen LogP contribution in [0.15, 0.2) is 69.2 Å². The maximum Gasteiger partial charge on any atom is 0.294 e. The Morgan fingerprint density at radius 3 is 2.57 bits per heavy atom. The topological polar surface area (TPSA) is 71.4 Å². The molecule has 0 spiro atoms. The first-order valence-corrected chi connectivity index (χ1v) is 8.99. The summed E-state index contributed by atoms with van der Waals surface area (Å²) in [5, 5.41) is 0. The van der Waals surface area contributed by atoms with Crippen LogP contribution < -0.4 is 0 Å². The summed E-state index contributed by atoms with van der Waals surface area (Å²) in [5.74, 6) is -0.526. The molecule has 0 fully saturated rings. The second-order valence-corrected chi connectivity index (χ2v) is 7.85. The van der Waals surface area contributed by atoms with Gasteiger partial charge in [-0.05, 0) is 40.9 Å². The molecule has 4 nitrogen and oxygen atoms in total. The monoisotopic (exact) mass is 328 g/mol. The predicted octanol–water partition coefficient (Wildman–Crippen LogP) is 2.90. The van der Waals surface area contributed by atoms with Gasteiger partial charge in [-0.3, -0.25) is 9.35 Å². The van der Waals surface area contributed by atoms with Gasteiger partial charge in [0.15, 0.2) is 5.78 Å². The Balaban J connectivity index is 2.03. The Hall–Kier alpha value is -1.98. The molecule has 4 aliphatic carbocycles. The first-order valence-electron chi connectivity index (χ1n) is 7.55. The van der Waals surface area contributed by atoms with Gasteiger partial charge in [0.2, 0.25) is 0 Å². The summed E-state index contributed by atoms with van der Waals surface area (Å²) >= 11 is 0. The van der Waals surface area contributed by atoms with Crippen molar-refractivity contribution in [2.45, 2.75) is 13.8 Å². The average Bonchev–Trinajstić information content (AvgIpc) is 2.48. The SMILES string of the molecule is CC1=CC(=O)C2C=CC3=C4C(=CC=C1C42)C(C)C=C3S(=O)(=O)O. The molecule has 0 amide bonds. The Labute approximate surface area is 135 Å². The van der Waals surface area contributed by atoms with Crippen molar-refractivity contribution in [3.05, 3.63) is 69.2 Å². The number of carbonyl (C=O) groups excluding carboxylic acids is 1. The Bertz CT molecular complexity index is 936. The minimum atomic E-state index is -4.31. The smallest absolute Gasteiger partial charge is 0.294 e. The molecule has 0 aliphatic heterocycles. The lowest BCUT2D eigenvalue weighted by atomic mass is 9.62. The van der Waals surface area contributed by atoms with Crippen LogP contribution in [0, 0.1) is 17.8 Å². The molecule has 0 saturated heterocycles. The zero-order valence-electron chi connectivity index (χ0n) is 12.8. The van der Waals surface area contributed by atoms with Gasteiger partial charge in [-0.25, -0.2) is 0 Å². The molecule has 1 N–H and O–H groups in total. The molecule has 0 aromatic rings. The van der Waals surface area contributed by atoms with Crippen LogP contribution in [0.2, 0.25) is 0 Å². The third-order valence-electron chi connectivity index (χ3n) is 5.10. The van der Waals surface area contributed by atoms with Gasteiger partial charge in [-0.15, -0.1) is 0 Å². The largest absolute Gasteiger partial charge is 0.294 e. The van der Waals surface area contributed by atoms with Crippen LogP contribution in [-0.2, 0) is 14.9 Å². The van der Waals surface area contributed by atoms with Crippen molar-refractivity contribution in [1.29, 1.82) is 0 Å². The first kappa shape index (κ1) is 14.6. The first-order chi connectivity index (χ1) is 10.8. The zero-order chi connectivity index (χ0) is 16.5. The van der Waals surface area contributed by atoms with E-state index in [0.29, 0.717) is 5.57 Å². The van der Waals surface area contributed by atoms with Crippen molar-refractivity contribution >= 4 is 15.9 Å². The summed E-state index contributed by atoms with van der Waals surface area (Å²) in [6, 6.07) is 0. The fourth-order valence-electron chi connectivity index (χ4n) is 4.08. The van der Waals surface area contributed by atoms with Crippen LogP contribution in [-0.4, -0.2) is 18.8 Å². The standard InChI is InChI=1S/C18H16O4S/c1-9-7-15(19)13-5-6-14-16(23(20,21)22)8-10(2)12-4-3-11(9)17(13)18(12)14/h3-8,10,13,17H,1-2H3,(H,20,21,22). The molecule has 3 atom stereocenters. The van der Waals surface area contributed by atoms with Gasteiger partial charge in [0, 0.05) is 11.8 Å². The van der Waals surface area contributed by atoms with E-state index in [-0.39, 0.29) is 28.4 Å². The average molecular weight is 328 g/mol. The molecule has 4 rings (SSSR count). The third-order valence-corrected chi connectivity index (χ3v) is 6.01. The van der Waals surface area contributed by atoms with E-state index in [1.807, 2.05) is 26.0 Å². The van der Waals surface area contributed by atoms with Gasteiger partial charge in [0.05, 0.1) is 10.8 Å². The van der Waals surface area contributed by atoms with Gasteiger partial charge < -0.3 is 0 Å². The molecule has 3 unspecified atom stereocenters. The lowest BCUT2D eigenvalue weighted by molar-refractivity contribution is -0.118. The Kier molecular flexibility index (Phi) is 2.87. The number of rotatable bonds is 1. The van der Waals surface area contributed by atoms with Gasteiger partial charge in [-0.1, -0.05) is 37.3 Å². The fraction of sp³-hybridized carbons (Fsp3) is 0.278. The maximum absolute atomic E-state index is 12.4. The summed E-state index contributed by atoms with van der Waals surface area (Å²) in [7, 11) is -4.31. The third kappa shape index (κ3) is 1.93. The van der Waals surface area contributed by atoms with Crippen molar-refractivity contribution in [2.24, 2.45) is 17.8 Å². The van der Waals surface area contributed by atoms with Crippen molar-refractivity contribution in [2.75, 3.05) is 0 Å². The highest BCUT2D eigenvalue weighted by Crippen LogP contribution is 2.52. The van der Waals surface area contributed by atoms with E-state index < -0.39 is 10.1 Å². The van der Waals surface area contributed by atoms with Gasteiger partial charge in [0.25, 0.3) is 10.1 Å². The van der Waals surface area contributed by atoms with Gasteiger partial charge in [-0.2, -0.15) is 8.42 Å². The molecular weight excluding hydrogens is 312 g/mol. The summed E-state index contributed by atoms with van der Waals surface area (Å²) in [6.07, 6.45) is 10.7. The van der Waals surface area contributed by atoms with Crippen molar-refractivity contribution in [3.8, 4) is 0 Å². The van der Waals surface area contributed by atoms with E-state index in [9.17, 15) is 17.8 Å². The molecule has 5 heteroatoms. The molecule has 0 saturated carbocycles. The van der Waals surface area contributed by atoms with E-state index in [1.165, 1.54) is 0 Å². The number of allylic oxidation sites excluding steroid dienone is 11. The minimum absolute atomic E-state index is 0.0457. The van der Waals surface area contributed by atoms with Gasteiger partial charge >= 0.3 is 0 Å². The molecule has 0 heterocycles. The summed E-state index contributed by atoms with van der Waals surface area (Å²) in [6.45, 7) is 3.81. The molecule has 0 bridgehead atoms. The quantitative estimate of drug-likeness (QED) is 0.751. The number of ketones is 1. The number of hydrogen-bond acceptors (Lipinski definition) is 3. The molecule has 23 heavy (non-hydrogen) atoms. The Morgan fingerprint density at radius 1 is 1.17 bits per heavy atom. The number of hydrogen-bond donors (Lipinski definition) is 1. The van der Waals surface area contributed by atoms with E-state index in [0.717, 1.165) is 22.3 Å². The van der Waals surface area contributed by atoms with Crippen LogP contribution in [0.3, 0.4) is 0 Å². The maximum atomic E-state index is 12.4. The second-order valence-electron chi connectivity index (χ2n) is 6.46. The van der Waals surface area contributed by atoms with Crippen molar-refractivity contribution in [3.63, 3.8) is 0 Å². The second kappa shape index (κ2) is 4.52.